The van der Waals surface area contributed by atoms with Crippen LogP contribution in [0.2, 0.25) is 0 Å². The zero-order valence-electron chi connectivity index (χ0n) is 8.85. The lowest BCUT2D eigenvalue weighted by atomic mass is 10.8. The SMILES string of the molecule is CCOCC.O=P(O)(O)OCOP(=O)(O)O. The molecule has 16 heavy (non-hydrogen) atoms. The molecule has 0 unspecified atom stereocenters. The van der Waals surface area contributed by atoms with Gasteiger partial charge in [-0.1, -0.05) is 0 Å². The maximum absolute atomic E-state index is 9.86. The van der Waals surface area contributed by atoms with Crippen LogP contribution in [-0.2, 0) is 22.9 Å². The van der Waals surface area contributed by atoms with E-state index in [2.05, 4.69) is 9.05 Å². The van der Waals surface area contributed by atoms with Crippen LogP contribution in [0, 0.1) is 0 Å². The number of hydrogen-bond donors (Lipinski definition) is 4. The molecule has 0 rings (SSSR count). The molecule has 0 fully saturated rings. The first-order chi connectivity index (χ1) is 7.12. The van der Waals surface area contributed by atoms with Crippen LogP contribution in [0.4, 0.5) is 0 Å². The Labute approximate surface area is 92.8 Å². The summed E-state index contributed by atoms with van der Waals surface area (Å²) in [7, 11) is -9.44. The molecule has 0 bridgehead atoms. The Bertz CT molecular complexity index is 218. The minimum absolute atomic E-state index is 0.844. The summed E-state index contributed by atoms with van der Waals surface area (Å²) >= 11 is 0. The summed E-state index contributed by atoms with van der Waals surface area (Å²) < 4.78 is 31.7. The van der Waals surface area contributed by atoms with Gasteiger partial charge in [0.05, 0.1) is 0 Å². The van der Waals surface area contributed by atoms with Crippen molar-refractivity contribution in [3.63, 3.8) is 0 Å². The molecule has 0 radical (unpaired) electrons. The molecule has 0 aliphatic rings. The van der Waals surface area contributed by atoms with E-state index in [4.69, 9.17) is 24.3 Å². The Kier molecular flexibility index (Phi) is 10.7. The van der Waals surface area contributed by atoms with Crippen molar-refractivity contribution in [1.29, 1.82) is 0 Å². The summed E-state index contributed by atoms with van der Waals surface area (Å²) in [5, 5.41) is 0. The van der Waals surface area contributed by atoms with E-state index in [0.717, 1.165) is 13.2 Å². The Morgan fingerprint density at radius 2 is 1.19 bits per heavy atom. The smallest absolute Gasteiger partial charge is 0.382 e. The van der Waals surface area contributed by atoms with Gasteiger partial charge in [-0.25, -0.2) is 9.13 Å². The first-order valence-corrected chi connectivity index (χ1v) is 7.16. The minimum atomic E-state index is -4.72. The molecule has 0 atom stereocenters. The molecule has 0 aromatic heterocycles. The normalized spacial score (nSPS) is 11.9. The minimum Gasteiger partial charge on any atom is -0.382 e. The molecule has 100 valence electrons. The van der Waals surface area contributed by atoms with Crippen molar-refractivity contribution < 1.29 is 42.5 Å². The van der Waals surface area contributed by atoms with Gasteiger partial charge >= 0.3 is 15.6 Å². The van der Waals surface area contributed by atoms with Gasteiger partial charge in [0, 0.05) is 13.2 Å². The number of phosphoric ester groups is 2. The highest BCUT2D eigenvalue weighted by molar-refractivity contribution is 7.47. The third-order valence-electron chi connectivity index (χ3n) is 0.850. The maximum Gasteiger partial charge on any atom is 0.471 e. The monoisotopic (exact) mass is 282 g/mol. The van der Waals surface area contributed by atoms with Crippen LogP contribution in [0.5, 0.6) is 0 Å². The fourth-order valence-corrected chi connectivity index (χ4v) is 0.828. The molecule has 11 heteroatoms. The van der Waals surface area contributed by atoms with Crippen molar-refractivity contribution in [3.8, 4) is 0 Å². The number of rotatable bonds is 6. The van der Waals surface area contributed by atoms with Crippen LogP contribution in [0.1, 0.15) is 13.8 Å². The first kappa shape index (κ1) is 18.5. The van der Waals surface area contributed by atoms with Crippen LogP contribution in [0.25, 0.3) is 0 Å². The van der Waals surface area contributed by atoms with Gasteiger partial charge in [0.15, 0.2) is 6.79 Å². The highest BCUT2D eigenvalue weighted by Crippen LogP contribution is 2.40. The first-order valence-electron chi connectivity index (χ1n) is 4.10. The second-order valence-corrected chi connectivity index (χ2v) is 4.62. The molecule has 0 aromatic carbocycles. The lowest BCUT2D eigenvalue weighted by Gasteiger charge is -2.05. The second kappa shape index (κ2) is 9.23. The summed E-state index contributed by atoms with van der Waals surface area (Å²) in [4.78, 5) is 31.9. The Balaban J connectivity index is 0. The molecule has 0 saturated carbocycles. The van der Waals surface area contributed by atoms with Gasteiger partial charge in [0.2, 0.25) is 0 Å². The molecule has 0 heterocycles. The molecule has 0 spiro atoms. The molecule has 0 amide bonds. The lowest BCUT2D eigenvalue weighted by molar-refractivity contribution is 0.0582. The predicted octanol–water partition coefficient (Wildman–Crippen LogP) is 0.205. The molecule has 0 aliphatic heterocycles. The third kappa shape index (κ3) is 23.8. The van der Waals surface area contributed by atoms with E-state index >= 15 is 0 Å². The molecule has 9 nitrogen and oxygen atoms in total. The fourth-order valence-electron chi connectivity index (χ4n) is 0.365. The second-order valence-electron chi connectivity index (χ2n) is 2.14. The summed E-state index contributed by atoms with van der Waals surface area (Å²) in [6, 6.07) is 0. The van der Waals surface area contributed by atoms with Crippen molar-refractivity contribution in [3.05, 3.63) is 0 Å². The van der Waals surface area contributed by atoms with E-state index in [0.29, 0.717) is 0 Å². The molecule has 0 aliphatic carbocycles. The van der Waals surface area contributed by atoms with Gasteiger partial charge in [-0.3, -0.25) is 9.05 Å². The van der Waals surface area contributed by atoms with Gasteiger partial charge in [0.1, 0.15) is 0 Å². The van der Waals surface area contributed by atoms with E-state index in [1.165, 1.54) is 0 Å². The summed E-state index contributed by atoms with van der Waals surface area (Å²) in [5.41, 5.74) is 0. The largest absolute Gasteiger partial charge is 0.471 e. The lowest BCUT2D eigenvalue weighted by Crippen LogP contribution is -1.95. The van der Waals surface area contributed by atoms with Crippen molar-refractivity contribution in [2.45, 2.75) is 13.8 Å². The van der Waals surface area contributed by atoms with E-state index in [1.54, 1.807) is 0 Å². The van der Waals surface area contributed by atoms with E-state index in [9.17, 15) is 9.13 Å². The zero-order chi connectivity index (χ0) is 13.2. The van der Waals surface area contributed by atoms with E-state index < -0.39 is 22.4 Å². The third-order valence-corrected chi connectivity index (χ3v) is 1.73. The average Bonchev–Trinajstić information content (AvgIpc) is 2.01. The maximum atomic E-state index is 9.86. The molecule has 0 aromatic rings. The van der Waals surface area contributed by atoms with Crippen molar-refractivity contribution >= 4 is 15.6 Å². The van der Waals surface area contributed by atoms with Gasteiger partial charge in [-0.05, 0) is 13.8 Å². The highest BCUT2D eigenvalue weighted by Gasteiger charge is 2.18. The van der Waals surface area contributed by atoms with Gasteiger partial charge < -0.3 is 24.3 Å². The molecule has 0 saturated heterocycles. The molecular weight excluding hydrogens is 266 g/mol. The van der Waals surface area contributed by atoms with Crippen molar-refractivity contribution in [1.82, 2.24) is 0 Å². The standard InChI is InChI=1S/C4H10O.CH6O8P2/c1-3-5-4-2;2-10(3,4)8-1-9-11(5,6)7/h3-4H2,1-2H3;1H2,(H2,2,3,4)(H2,5,6,7). The molecular formula is C5H16O9P2. The van der Waals surface area contributed by atoms with Crippen LogP contribution in [0.3, 0.4) is 0 Å². The predicted molar refractivity (Wildman–Crippen MR) is 53.3 cm³/mol. The Hall–Kier alpha value is 0.180. The van der Waals surface area contributed by atoms with Gasteiger partial charge in [-0.2, -0.15) is 0 Å². The van der Waals surface area contributed by atoms with Crippen molar-refractivity contribution in [2.24, 2.45) is 0 Å². The zero-order valence-corrected chi connectivity index (χ0v) is 10.6. The Morgan fingerprint density at radius 1 is 0.875 bits per heavy atom. The van der Waals surface area contributed by atoms with Crippen LogP contribution < -0.4 is 0 Å². The van der Waals surface area contributed by atoms with E-state index in [1.807, 2.05) is 13.8 Å². The quantitative estimate of drug-likeness (QED) is 0.397. The summed E-state index contributed by atoms with van der Waals surface area (Å²) in [6.45, 7) is 4.51. The topological polar surface area (TPSA) is 143 Å². The number of ether oxygens (including phenoxy) is 1. The van der Waals surface area contributed by atoms with E-state index in [-0.39, 0.29) is 0 Å². The average molecular weight is 282 g/mol. The summed E-state index contributed by atoms with van der Waals surface area (Å²) in [6.07, 6.45) is 0. The fraction of sp³-hybridized carbons (Fsp3) is 1.00. The van der Waals surface area contributed by atoms with Crippen molar-refractivity contribution in [2.75, 3.05) is 20.0 Å². The molecule has 4 N–H and O–H groups in total. The Morgan fingerprint density at radius 3 is 1.31 bits per heavy atom. The van der Waals surface area contributed by atoms with Crippen LogP contribution in [0.15, 0.2) is 0 Å². The van der Waals surface area contributed by atoms with Crippen LogP contribution in [-0.4, -0.2) is 39.6 Å². The van der Waals surface area contributed by atoms with Gasteiger partial charge in [-0.15, -0.1) is 0 Å². The number of phosphoric acid groups is 2. The van der Waals surface area contributed by atoms with Gasteiger partial charge in [0.25, 0.3) is 0 Å². The number of hydrogen-bond acceptors (Lipinski definition) is 5. The highest BCUT2D eigenvalue weighted by atomic mass is 31.2. The van der Waals surface area contributed by atoms with Crippen LogP contribution >= 0.6 is 15.6 Å². The summed E-state index contributed by atoms with van der Waals surface area (Å²) in [5.74, 6) is 0.